The number of ether oxygens (including phenoxy) is 1. The molecule has 1 saturated carbocycles. The molecule has 2 amide bonds. The van der Waals surface area contributed by atoms with Gasteiger partial charge in [-0.15, -0.1) is 0 Å². The second kappa shape index (κ2) is 11.4. The van der Waals surface area contributed by atoms with E-state index in [1.54, 1.807) is 0 Å². The Morgan fingerprint density at radius 3 is 2.33 bits per heavy atom. The van der Waals surface area contributed by atoms with Crippen molar-refractivity contribution in [1.82, 2.24) is 10.6 Å². The Kier molecular flexibility index (Phi) is 9.61. The molecule has 6 heteroatoms. The molecule has 1 aliphatic rings. The number of rotatable bonds is 13. The van der Waals surface area contributed by atoms with Gasteiger partial charge in [-0.3, -0.25) is 4.79 Å². The van der Waals surface area contributed by atoms with Crippen molar-refractivity contribution in [2.45, 2.75) is 51.4 Å². The van der Waals surface area contributed by atoms with E-state index in [0.29, 0.717) is 26.1 Å². The minimum atomic E-state index is -0.742. The number of carbonyl (C=O) groups excluding carboxylic acids is 1. The van der Waals surface area contributed by atoms with Gasteiger partial charge < -0.3 is 20.5 Å². The predicted molar refractivity (Wildman–Crippen MR) is 80.3 cm³/mol. The van der Waals surface area contributed by atoms with Gasteiger partial charge in [0.05, 0.1) is 0 Å². The van der Waals surface area contributed by atoms with Gasteiger partial charge in [0.2, 0.25) is 0 Å². The Hall–Kier alpha value is -1.30. The summed E-state index contributed by atoms with van der Waals surface area (Å²) >= 11 is 0. The number of carboxylic acids is 1. The molecule has 0 heterocycles. The molecule has 0 atom stereocenters. The van der Waals surface area contributed by atoms with Gasteiger partial charge in [-0.05, 0) is 38.0 Å². The van der Waals surface area contributed by atoms with Gasteiger partial charge in [0.25, 0.3) is 0 Å². The maximum absolute atomic E-state index is 11.4. The van der Waals surface area contributed by atoms with Crippen molar-refractivity contribution in [3.8, 4) is 0 Å². The molecule has 122 valence electrons. The highest BCUT2D eigenvalue weighted by atomic mass is 16.5. The van der Waals surface area contributed by atoms with Crippen LogP contribution in [0.3, 0.4) is 0 Å². The van der Waals surface area contributed by atoms with Gasteiger partial charge >= 0.3 is 12.0 Å². The zero-order valence-corrected chi connectivity index (χ0v) is 12.7. The zero-order valence-electron chi connectivity index (χ0n) is 12.7. The third-order valence-electron chi connectivity index (χ3n) is 3.40. The maximum atomic E-state index is 11.4. The molecular formula is C15H28N2O4. The highest BCUT2D eigenvalue weighted by Gasteiger charge is 2.20. The van der Waals surface area contributed by atoms with Gasteiger partial charge in [-0.1, -0.05) is 12.8 Å². The Balaban J connectivity index is 1.75. The van der Waals surface area contributed by atoms with Gasteiger partial charge in [0.15, 0.2) is 0 Å². The fraction of sp³-hybridized carbons (Fsp3) is 0.867. The molecule has 3 N–H and O–H groups in total. The van der Waals surface area contributed by atoms with E-state index < -0.39 is 5.97 Å². The highest BCUT2D eigenvalue weighted by Crippen LogP contribution is 2.28. The monoisotopic (exact) mass is 300 g/mol. The van der Waals surface area contributed by atoms with E-state index in [1.807, 2.05) is 0 Å². The van der Waals surface area contributed by atoms with E-state index >= 15 is 0 Å². The molecule has 0 unspecified atom stereocenters. The molecular weight excluding hydrogens is 272 g/mol. The number of nitrogens with one attached hydrogen (secondary N) is 2. The average molecular weight is 300 g/mol. The average Bonchev–Trinajstić information content (AvgIpc) is 3.25. The summed E-state index contributed by atoms with van der Waals surface area (Å²) in [6.45, 7) is 2.85. The second-order valence-corrected chi connectivity index (χ2v) is 5.61. The summed E-state index contributed by atoms with van der Waals surface area (Å²) in [6.07, 6.45) is 7.12. The van der Waals surface area contributed by atoms with E-state index in [-0.39, 0.29) is 12.5 Å². The van der Waals surface area contributed by atoms with Crippen LogP contribution >= 0.6 is 0 Å². The summed E-state index contributed by atoms with van der Waals surface area (Å²) in [7, 11) is 0. The van der Waals surface area contributed by atoms with Crippen molar-refractivity contribution in [3.05, 3.63) is 0 Å². The topological polar surface area (TPSA) is 87.7 Å². The number of amides is 2. The number of hydrogen-bond donors (Lipinski definition) is 3. The molecule has 21 heavy (non-hydrogen) atoms. The predicted octanol–water partition coefficient (Wildman–Crippen LogP) is 2.14. The van der Waals surface area contributed by atoms with Crippen LogP contribution in [-0.2, 0) is 9.53 Å². The molecule has 0 saturated heterocycles. The molecule has 1 fully saturated rings. The van der Waals surface area contributed by atoms with Crippen molar-refractivity contribution < 1.29 is 19.4 Å². The summed E-state index contributed by atoms with van der Waals surface area (Å²) in [4.78, 5) is 21.7. The van der Waals surface area contributed by atoms with Crippen molar-refractivity contribution in [2.75, 3.05) is 26.3 Å². The SMILES string of the molecule is O=C(O)CCCCCCNC(=O)NCCCOCC1CC1. The first kappa shape index (κ1) is 17.8. The first-order valence-electron chi connectivity index (χ1n) is 7.99. The van der Waals surface area contributed by atoms with Crippen LogP contribution in [0.5, 0.6) is 0 Å². The highest BCUT2D eigenvalue weighted by molar-refractivity contribution is 5.73. The van der Waals surface area contributed by atoms with Crippen molar-refractivity contribution in [2.24, 2.45) is 5.92 Å². The first-order valence-corrected chi connectivity index (χ1v) is 7.99. The van der Waals surface area contributed by atoms with Crippen LogP contribution in [0.2, 0.25) is 0 Å². The lowest BCUT2D eigenvalue weighted by atomic mass is 10.1. The summed E-state index contributed by atoms with van der Waals surface area (Å²) in [6, 6.07) is -0.136. The lowest BCUT2D eigenvalue weighted by Gasteiger charge is -2.08. The number of carboxylic acid groups (broad SMARTS) is 1. The van der Waals surface area contributed by atoms with Crippen LogP contribution in [0, 0.1) is 5.92 Å². The fourth-order valence-electron chi connectivity index (χ4n) is 1.93. The van der Waals surface area contributed by atoms with Crippen LogP contribution in [-0.4, -0.2) is 43.4 Å². The number of hydrogen-bond acceptors (Lipinski definition) is 3. The molecule has 0 aromatic carbocycles. The van der Waals surface area contributed by atoms with E-state index in [4.69, 9.17) is 9.84 Å². The summed E-state index contributed by atoms with van der Waals surface area (Å²) < 4.78 is 5.48. The summed E-state index contributed by atoms with van der Waals surface area (Å²) in [5.41, 5.74) is 0. The first-order chi connectivity index (χ1) is 10.2. The molecule has 0 aromatic heterocycles. The lowest BCUT2D eigenvalue weighted by molar-refractivity contribution is -0.137. The number of aliphatic carboxylic acids is 1. The maximum Gasteiger partial charge on any atom is 0.314 e. The smallest absolute Gasteiger partial charge is 0.314 e. The van der Waals surface area contributed by atoms with Crippen LogP contribution in [0.25, 0.3) is 0 Å². The van der Waals surface area contributed by atoms with Gasteiger partial charge in [-0.25, -0.2) is 4.79 Å². The second-order valence-electron chi connectivity index (χ2n) is 5.61. The minimum Gasteiger partial charge on any atom is -0.481 e. The zero-order chi connectivity index (χ0) is 15.3. The van der Waals surface area contributed by atoms with E-state index in [1.165, 1.54) is 12.8 Å². The van der Waals surface area contributed by atoms with Crippen molar-refractivity contribution >= 4 is 12.0 Å². The fourth-order valence-corrected chi connectivity index (χ4v) is 1.93. The molecule has 1 rings (SSSR count). The number of carbonyl (C=O) groups is 2. The molecule has 0 aromatic rings. The Morgan fingerprint density at radius 1 is 1.00 bits per heavy atom. The minimum absolute atomic E-state index is 0.136. The standard InChI is InChI=1S/C15H28N2O4/c18-14(19)6-3-1-2-4-9-16-15(20)17-10-5-11-21-12-13-7-8-13/h13H,1-12H2,(H,18,19)(H2,16,17,20). The van der Waals surface area contributed by atoms with Gasteiger partial charge in [0.1, 0.15) is 0 Å². The summed E-state index contributed by atoms with van der Waals surface area (Å²) in [5.74, 6) is 0.0466. The van der Waals surface area contributed by atoms with Crippen LogP contribution in [0.15, 0.2) is 0 Å². The molecule has 6 nitrogen and oxygen atoms in total. The summed E-state index contributed by atoms with van der Waals surface area (Å²) in [5, 5.41) is 14.1. The van der Waals surface area contributed by atoms with Gasteiger partial charge in [-0.2, -0.15) is 0 Å². The van der Waals surface area contributed by atoms with Crippen LogP contribution in [0.1, 0.15) is 51.4 Å². The van der Waals surface area contributed by atoms with Crippen LogP contribution in [0.4, 0.5) is 4.79 Å². The molecule has 0 aliphatic heterocycles. The van der Waals surface area contributed by atoms with E-state index in [9.17, 15) is 9.59 Å². The molecule has 1 aliphatic carbocycles. The Morgan fingerprint density at radius 2 is 1.67 bits per heavy atom. The largest absolute Gasteiger partial charge is 0.481 e. The molecule has 0 spiro atoms. The third kappa shape index (κ3) is 12.2. The molecule has 0 bridgehead atoms. The lowest BCUT2D eigenvalue weighted by Crippen LogP contribution is -2.36. The normalized spacial score (nSPS) is 13.9. The van der Waals surface area contributed by atoms with E-state index in [2.05, 4.69) is 10.6 Å². The Labute approximate surface area is 126 Å². The number of urea groups is 1. The van der Waals surface area contributed by atoms with Gasteiger partial charge in [0, 0.05) is 32.7 Å². The Bertz CT molecular complexity index is 306. The van der Waals surface area contributed by atoms with Crippen LogP contribution < -0.4 is 10.6 Å². The van der Waals surface area contributed by atoms with Crippen molar-refractivity contribution in [3.63, 3.8) is 0 Å². The quantitative estimate of drug-likeness (QED) is 0.455. The van der Waals surface area contributed by atoms with Crippen molar-refractivity contribution in [1.29, 1.82) is 0 Å². The third-order valence-corrected chi connectivity index (χ3v) is 3.40. The molecule has 0 radical (unpaired) electrons. The number of unbranched alkanes of at least 4 members (excludes halogenated alkanes) is 3. The van der Waals surface area contributed by atoms with E-state index in [0.717, 1.165) is 38.2 Å².